The van der Waals surface area contributed by atoms with E-state index in [4.69, 9.17) is 11.6 Å². The topological polar surface area (TPSA) is 99.8 Å². The molecule has 9 heteroatoms. The van der Waals surface area contributed by atoms with Crippen molar-refractivity contribution in [3.8, 4) is 0 Å². The first kappa shape index (κ1) is 22.2. The molecule has 0 bridgehead atoms. The van der Waals surface area contributed by atoms with Crippen LogP contribution in [-0.2, 0) is 0 Å². The maximum Gasteiger partial charge on any atom is 0.257 e. The first-order valence-electron chi connectivity index (χ1n) is 10.5. The van der Waals surface area contributed by atoms with Crippen molar-refractivity contribution in [2.45, 2.75) is 0 Å². The first-order valence-corrected chi connectivity index (χ1v) is 10.9. The maximum atomic E-state index is 13.6. The molecule has 0 radical (unpaired) electrons. The Morgan fingerprint density at radius 3 is 2.51 bits per heavy atom. The highest BCUT2D eigenvalue weighted by atomic mass is 35.5. The molecule has 0 spiro atoms. The number of anilines is 3. The van der Waals surface area contributed by atoms with Crippen LogP contribution in [0.4, 0.5) is 21.6 Å². The molecule has 1 amide bonds. The van der Waals surface area contributed by atoms with Gasteiger partial charge in [-0.1, -0.05) is 48.0 Å². The molecule has 7 nitrogen and oxygen atoms in total. The fraction of sp³-hybridized carbons (Fsp3) is 0. The second-order valence-electron chi connectivity index (χ2n) is 7.63. The van der Waals surface area contributed by atoms with Crippen molar-refractivity contribution < 1.29 is 14.0 Å². The Kier molecular flexibility index (Phi) is 5.95. The summed E-state index contributed by atoms with van der Waals surface area (Å²) < 4.78 is 13.6. The number of hydrogen-bond acceptors (Lipinski definition) is 5. The number of carbonyl (C=O) groups excluding carboxylic acids is 2. The Bertz CT molecular complexity index is 1570. The van der Waals surface area contributed by atoms with Crippen LogP contribution in [0.15, 0.2) is 85.3 Å². The van der Waals surface area contributed by atoms with Gasteiger partial charge in [0.05, 0.1) is 21.5 Å². The standard InChI is InChI=1S/C26H17ClFN5O2/c27-21-10-9-16(28)11-19(21)26(35)33-18-8-4-7-17(12-18)32-25-22-20(13-29-24(22)30-14-31-25)23(34)15-5-2-1-3-6-15/h1-14H,(H,33,35)(H2,29,30,31,32). The summed E-state index contributed by atoms with van der Waals surface area (Å²) in [5, 5.41) is 6.59. The lowest BCUT2D eigenvalue weighted by Crippen LogP contribution is -2.13. The molecule has 35 heavy (non-hydrogen) atoms. The van der Waals surface area contributed by atoms with E-state index in [1.165, 1.54) is 18.5 Å². The predicted molar refractivity (Wildman–Crippen MR) is 133 cm³/mol. The number of aromatic amines is 1. The minimum atomic E-state index is -0.560. The molecule has 3 N–H and O–H groups in total. The molecule has 0 saturated carbocycles. The van der Waals surface area contributed by atoms with E-state index in [2.05, 4.69) is 25.6 Å². The van der Waals surface area contributed by atoms with Crippen LogP contribution in [0.25, 0.3) is 11.0 Å². The van der Waals surface area contributed by atoms with E-state index in [-0.39, 0.29) is 16.4 Å². The molecule has 0 fully saturated rings. The Morgan fingerprint density at radius 2 is 1.69 bits per heavy atom. The lowest BCUT2D eigenvalue weighted by molar-refractivity contribution is 0.102. The summed E-state index contributed by atoms with van der Waals surface area (Å²) in [5.74, 6) is -0.845. The summed E-state index contributed by atoms with van der Waals surface area (Å²) >= 11 is 6.04. The number of fused-ring (bicyclic) bond motifs is 1. The van der Waals surface area contributed by atoms with Crippen molar-refractivity contribution in [1.82, 2.24) is 15.0 Å². The van der Waals surface area contributed by atoms with Crippen molar-refractivity contribution in [3.05, 3.63) is 113 Å². The van der Waals surface area contributed by atoms with Gasteiger partial charge in [-0.25, -0.2) is 14.4 Å². The van der Waals surface area contributed by atoms with Crippen molar-refractivity contribution in [2.75, 3.05) is 10.6 Å². The van der Waals surface area contributed by atoms with Crippen LogP contribution >= 0.6 is 11.6 Å². The van der Waals surface area contributed by atoms with Gasteiger partial charge < -0.3 is 15.6 Å². The third kappa shape index (κ3) is 4.60. The zero-order valence-corrected chi connectivity index (χ0v) is 18.8. The molecule has 172 valence electrons. The summed E-state index contributed by atoms with van der Waals surface area (Å²) in [6.07, 6.45) is 2.99. The molecule has 3 aromatic carbocycles. The van der Waals surface area contributed by atoms with Gasteiger partial charge in [0.25, 0.3) is 5.91 Å². The minimum Gasteiger partial charge on any atom is -0.345 e. The molecule has 0 aliphatic rings. The summed E-state index contributed by atoms with van der Waals surface area (Å²) in [5.41, 5.74) is 2.57. The second kappa shape index (κ2) is 9.36. The largest absolute Gasteiger partial charge is 0.345 e. The van der Waals surface area contributed by atoms with Gasteiger partial charge in [0, 0.05) is 23.1 Å². The average Bonchev–Trinajstić information content (AvgIpc) is 3.31. The number of nitrogens with one attached hydrogen (secondary N) is 3. The Hall–Kier alpha value is -4.56. The van der Waals surface area contributed by atoms with Crippen LogP contribution in [-0.4, -0.2) is 26.6 Å². The number of hydrogen-bond donors (Lipinski definition) is 3. The number of rotatable bonds is 6. The smallest absolute Gasteiger partial charge is 0.257 e. The number of halogens is 2. The minimum absolute atomic E-state index is 0.0268. The number of ketones is 1. The molecule has 5 rings (SSSR count). The van der Waals surface area contributed by atoms with Crippen LogP contribution in [0.3, 0.4) is 0 Å². The molecule has 0 unspecified atom stereocenters. The van der Waals surface area contributed by atoms with E-state index < -0.39 is 11.7 Å². The molecule has 0 atom stereocenters. The van der Waals surface area contributed by atoms with Gasteiger partial charge in [0.1, 0.15) is 23.6 Å². The second-order valence-corrected chi connectivity index (χ2v) is 8.03. The van der Waals surface area contributed by atoms with Gasteiger partial charge in [-0.3, -0.25) is 9.59 Å². The SMILES string of the molecule is O=C(Nc1cccc(Nc2ncnc3[nH]cc(C(=O)c4ccccc4)c23)c1)c1cc(F)ccc1Cl. The van der Waals surface area contributed by atoms with Crippen LogP contribution in [0.1, 0.15) is 26.3 Å². The highest BCUT2D eigenvalue weighted by molar-refractivity contribution is 6.34. The molecule has 0 aliphatic heterocycles. The summed E-state index contributed by atoms with van der Waals surface area (Å²) in [6.45, 7) is 0. The number of benzene rings is 3. The number of carbonyl (C=O) groups is 2. The van der Waals surface area contributed by atoms with E-state index in [1.807, 2.05) is 6.07 Å². The molecule has 5 aromatic rings. The van der Waals surface area contributed by atoms with Crippen molar-refractivity contribution >= 4 is 51.5 Å². The van der Waals surface area contributed by atoms with Gasteiger partial charge in [0.2, 0.25) is 0 Å². The fourth-order valence-electron chi connectivity index (χ4n) is 3.66. The van der Waals surface area contributed by atoms with E-state index >= 15 is 0 Å². The lowest BCUT2D eigenvalue weighted by atomic mass is 10.0. The average molecular weight is 486 g/mol. The van der Waals surface area contributed by atoms with Gasteiger partial charge >= 0.3 is 0 Å². The monoisotopic (exact) mass is 485 g/mol. The number of nitrogens with zero attached hydrogens (tertiary/aromatic N) is 2. The lowest BCUT2D eigenvalue weighted by Gasteiger charge is -2.11. The van der Waals surface area contributed by atoms with Crippen LogP contribution < -0.4 is 10.6 Å². The van der Waals surface area contributed by atoms with E-state index in [0.29, 0.717) is 39.4 Å². The van der Waals surface area contributed by atoms with Crippen molar-refractivity contribution in [1.29, 1.82) is 0 Å². The van der Waals surface area contributed by atoms with Gasteiger partial charge in [-0.05, 0) is 36.4 Å². The Balaban J connectivity index is 1.44. The summed E-state index contributed by atoms with van der Waals surface area (Å²) in [7, 11) is 0. The summed E-state index contributed by atoms with van der Waals surface area (Å²) in [6, 6.07) is 19.4. The predicted octanol–water partition coefficient (Wildman–Crippen LogP) is 5.98. The highest BCUT2D eigenvalue weighted by Gasteiger charge is 2.19. The van der Waals surface area contributed by atoms with Crippen LogP contribution in [0.5, 0.6) is 0 Å². The molecule has 2 heterocycles. The molecule has 0 saturated heterocycles. The van der Waals surface area contributed by atoms with Crippen LogP contribution in [0.2, 0.25) is 5.02 Å². The number of H-pyrrole nitrogens is 1. The van der Waals surface area contributed by atoms with Gasteiger partial charge in [-0.2, -0.15) is 0 Å². The Labute approximate surface area is 204 Å². The van der Waals surface area contributed by atoms with Crippen molar-refractivity contribution in [3.63, 3.8) is 0 Å². The van der Waals surface area contributed by atoms with Gasteiger partial charge in [-0.15, -0.1) is 0 Å². The fourth-order valence-corrected chi connectivity index (χ4v) is 3.87. The Morgan fingerprint density at radius 1 is 0.886 bits per heavy atom. The highest BCUT2D eigenvalue weighted by Crippen LogP contribution is 2.29. The summed E-state index contributed by atoms with van der Waals surface area (Å²) in [4.78, 5) is 37.3. The van der Waals surface area contributed by atoms with Crippen LogP contribution in [0, 0.1) is 5.82 Å². The first-order chi connectivity index (χ1) is 17.0. The van der Waals surface area contributed by atoms with E-state index in [1.54, 1.807) is 54.7 Å². The molecular weight excluding hydrogens is 469 g/mol. The normalized spacial score (nSPS) is 10.8. The van der Waals surface area contributed by atoms with E-state index in [0.717, 1.165) is 6.07 Å². The van der Waals surface area contributed by atoms with Gasteiger partial charge in [0.15, 0.2) is 5.78 Å². The molecule has 2 aromatic heterocycles. The van der Waals surface area contributed by atoms with E-state index in [9.17, 15) is 14.0 Å². The zero-order valence-electron chi connectivity index (χ0n) is 18.0. The zero-order chi connectivity index (χ0) is 24.4. The number of aromatic nitrogens is 3. The quantitative estimate of drug-likeness (QED) is 0.257. The third-order valence-electron chi connectivity index (χ3n) is 5.31. The molecular formula is C26H17ClFN5O2. The maximum absolute atomic E-state index is 13.6. The van der Waals surface area contributed by atoms with Crippen molar-refractivity contribution in [2.24, 2.45) is 0 Å². The number of amides is 1. The third-order valence-corrected chi connectivity index (χ3v) is 5.64. The molecule has 0 aliphatic carbocycles.